The van der Waals surface area contributed by atoms with E-state index in [1.54, 1.807) is 0 Å². The first-order valence-corrected chi connectivity index (χ1v) is 7.98. The lowest BCUT2D eigenvalue weighted by atomic mass is 10.0. The first-order valence-electron chi connectivity index (χ1n) is 7.98. The first kappa shape index (κ1) is 14.2. The molecule has 4 heteroatoms. The van der Waals surface area contributed by atoms with Crippen molar-refractivity contribution in [2.24, 2.45) is 10.7 Å². The average Bonchev–Trinajstić information content (AvgIpc) is 3.09. The lowest BCUT2D eigenvalue weighted by Gasteiger charge is -2.40. The highest BCUT2D eigenvalue weighted by atomic mass is 16.1. The predicted octanol–water partition coefficient (Wildman–Crippen LogP) is 3.09. The molecule has 3 aliphatic rings. The Bertz CT molecular complexity index is 844. The summed E-state index contributed by atoms with van der Waals surface area (Å²) >= 11 is 0. The van der Waals surface area contributed by atoms with Crippen molar-refractivity contribution in [3.05, 3.63) is 70.8 Å². The lowest BCUT2D eigenvalue weighted by Crippen LogP contribution is -2.43. The van der Waals surface area contributed by atoms with Crippen LogP contribution in [0.25, 0.3) is 0 Å². The molecule has 0 spiro atoms. The van der Waals surface area contributed by atoms with E-state index in [4.69, 9.17) is 10.7 Å². The number of amides is 1. The van der Waals surface area contributed by atoms with Gasteiger partial charge in [0.05, 0.1) is 0 Å². The zero-order valence-electron chi connectivity index (χ0n) is 13.4. The molecule has 2 aliphatic heterocycles. The third kappa shape index (κ3) is 1.82. The van der Waals surface area contributed by atoms with Gasteiger partial charge in [0.1, 0.15) is 23.5 Å². The molecule has 0 fully saturated rings. The normalized spacial score (nSPS) is 28.3. The number of benzene rings is 1. The van der Waals surface area contributed by atoms with Crippen LogP contribution in [0.3, 0.4) is 0 Å². The minimum atomic E-state index is -0.409. The average molecular weight is 306 g/mol. The van der Waals surface area contributed by atoms with Crippen molar-refractivity contribution in [1.29, 1.82) is 0 Å². The van der Waals surface area contributed by atoms with E-state index in [2.05, 4.69) is 43.5 Å². The number of hydrogen-bond donors (Lipinski definition) is 1. The van der Waals surface area contributed by atoms with Gasteiger partial charge in [-0.2, -0.15) is 0 Å². The van der Waals surface area contributed by atoms with Crippen LogP contribution in [0.5, 0.6) is 0 Å². The van der Waals surface area contributed by atoms with E-state index in [9.17, 15) is 4.79 Å². The van der Waals surface area contributed by atoms with Gasteiger partial charge >= 0.3 is 0 Å². The zero-order valence-corrected chi connectivity index (χ0v) is 13.4. The van der Waals surface area contributed by atoms with Crippen molar-refractivity contribution in [3.63, 3.8) is 0 Å². The molecule has 2 atom stereocenters. The Labute approximate surface area is 135 Å². The maximum atomic E-state index is 11.9. The van der Waals surface area contributed by atoms with Crippen LogP contribution in [0, 0.1) is 0 Å². The van der Waals surface area contributed by atoms with Crippen molar-refractivity contribution in [3.8, 4) is 0 Å². The number of quaternary nitrogens is 1. The van der Waals surface area contributed by atoms with E-state index < -0.39 is 5.91 Å². The fourth-order valence-corrected chi connectivity index (χ4v) is 4.22. The Balaban J connectivity index is 1.95. The number of aliphatic imine (C=N–C) groups is 1. The van der Waals surface area contributed by atoms with E-state index in [0.717, 1.165) is 24.4 Å². The summed E-state index contributed by atoms with van der Waals surface area (Å²) in [6, 6.07) is 8.83. The van der Waals surface area contributed by atoms with E-state index in [1.807, 2.05) is 13.0 Å². The highest BCUT2D eigenvalue weighted by Crippen LogP contribution is 2.51. The maximum Gasteiger partial charge on any atom is 0.256 e. The molecular formula is C19H20N3O+. The van der Waals surface area contributed by atoms with Gasteiger partial charge in [0.25, 0.3) is 11.7 Å². The Morgan fingerprint density at radius 3 is 2.87 bits per heavy atom. The number of hydrogen-bond acceptors (Lipinski definition) is 2. The summed E-state index contributed by atoms with van der Waals surface area (Å²) in [6.45, 7) is 4.08. The van der Waals surface area contributed by atoms with Crippen molar-refractivity contribution in [2.45, 2.75) is 32.7 Å². The minimum absolute atomic E-state index is 0.252. The fourth-order valence-electron chi connectivity index (χ4n) is 4.22. The molecule has 2 unspecified atom stereocenters. The molecule has 1 amide bonds. The highest BCUT2D eigenvalue weighted by Gasteiger charge is 2.51. The van der Waals surface area contributed by atoms with Crippen LogP contribution in [-0.2, 0) is 11.2 Å². The Kier molecular flexibility index (Phi) is 2.93. The second-order valence-electron chi connectivity index (χ2n) is 6.49. The van der Waals surface area contributed by atoms with Crippen molar-refractivity contribution in [2.75, 3.05) is 0 Å². The molecule has 0 radical (unpaired) electrons. The Morgan fingerprint density at radius 2 is 2.09 bits per heavy atom. The molecule has 0 bridgehead atoms. The van der Waals surface area contributed by atoms with Crippen LogP contribution in [0.4, 0.5) is 0 Å². The van der Waals surface area contributed by atoms with Gasteiger partial charge in [0.2, 0.25) is 0 Å². The number of fused-ring (bicyclic) bond motifs is 2. The molecule has 4 rings (SSSR count). The van der Waals surface area contributed by atoms with E-state index in [1.165, 1.54) is 16.8 Å². The van der Waals surface area contributed by atoms with Crippen LogP contribution < -0.4 is 5.73 Å². The number of allylic oxidation sites excluding steroid dienone is 2. The third-order valence-electron chi connectivity index (χ3n) is 5.21. The first-order chi connectivity index (χ1) is 11.0. The summed E-state index contributed by atoms with van der Waals surface area (Å²) in [6.07, 6.45) is 8.14. The molecule has 0 aromatic heterocycles. The summed E-state index contributed by atoms with van der Waals surface area (Å²) in [5.41, 5.74) is 11.0. The van der Waals surface area contributed by atoms with Crippen LogP contribution in [-0.4, -0.2) is 16.1 Å². The van der Waals surface area contributed by atoms with E-state index in [0.29, 0.717) is 10.1 Å². The van der Waals surface area contributed by atoms with Crippen molar-refractivity contribution in [1.82, 2.24) is 0 Å². The third-order valence-corrected chi connectivity index (χ3v) is 5.21. The molecule has 0 saturated carbocycles. The van der Waals surface area contributed by atoms with Crippen molar-refractivity contribution >= 4 is 11.6 Å². The second kappa shape index (κ2) is 4.77. The zero-order chi connectivity index (χ0) is 16.2. The molecule has 2 N–H and O–H groups in total. The SMILES string of the molecule is CC1=CC(C)=NC2=C(C(N)=O)C=C[N+]12C1CCc2ccccc21. The number of aryl methyl sites for hydroxylation is 1. The monoisotopic (exact) mass is 306 g/mol. The predicted molar refractivity (Wildman–Crippen MR) is 90.0 cm³/mol. The molecule has 2 heterocycles. The number of primary amides is 1. The molecule has 0 saturated heterocycles. The molecule has 1 aromatic carbocycles. The van der Waals surface area contributed by atoms with Crippen molar-refractivity contribution < 1.29 is 9.28 Å². The van der Waals surface area contributed by atoms with Gasteiger partial charge in [-0.25, -0.2) is 9.48 Å². The van der Waals surface area contributed by atoms with Crippen LogP contribution >= 0.6 is 0 Å². The number of rotatable bonds is 2. The van der Waals surface area contributed by atoms with Crippen LogP contribution in [0.1, 0.15) is 37.4 Å². The smallest absolute Gasteiger partial charge is 0.256 e. The minimum Gasteiger partial charge on any atom is -0.365 e. The van der Waals surface area contributed by atoms with E-state index >= 15 is 0 Å². The topological polar surface area (TPSA) is 55.4 Å². The molecule has 116 valence electrons. The largest absolute Gasteiger partial charge is 0.365 e. The molecule has 1 aliphatic carbocycles. The van der Waals surface area contributed by atoms with Gasteiger partial charge in [-0.05, 0) is 18.9 Å². The lowest BCUT2D eigenvalue weighted by molar-refractivity contribution is -0.835. The highest BCUT2D eigenvalue weighted by molar-refractivity contribution is 5.99. The number of nitrogens with two attached hydrogens (primary N) is 1. The summed E-state index contributed by atoms with van der Waals surface area (Å²) in [5.74, 6) is 0.366. The molecule has 1 aromatic rings. The quantitative estimate of drug-likeness (QED) is 0.839. The summed E-state index contributed by atoms with van der Waals surface area (Å²) in [5, 5.41) is 0. The molecular weight excluding hydrogens is 286 g/mol. The number of carbonyl (C=O) groups is 1. The number of carbonyl (C=O) groups excluding carboxylic acids is 1. The Morgan fingerprint density at radius 1 is 1.30 bits per heavy atom. The number of nitrogens with zero attached hydrogens (tertiary/aromatic N) is 2. The fraction of sp³-hybridized carbons (Fsp3) is 0.263. The van der Waals surface area contributed by atoms with E-state index in [-0.39, 0.29) is 6.04 Å². The van der Waals surface area contributed by atoms with Gasteiger partial charge in [-0.15, -0.1) is 0 Å². The molecule has 4 nitrogen and oxygen atoms in total. The molecule has 23 heavy (non-hydrogen) atoms. The van der Waals surface area contributed by atoms with Gasteiger partial charge in [-0.1, -0.05) is 24.3 Å². The van der Waals surface area contributed by atoms with Gasteiger partial charge in [0.15, 0.2) is 0 Å². The van der Waals surface area contributed by atoms with Gasteiger partial charge in [0, 0.05) is 36.8 Å². The maximum absolute atomic E-state index is 11.9. The van der Waals surface area contributed by atoms with Crippen LogP contribution in [0.15, 0.2) is 64.7 Å². The second-order valence-corrected chi connectivity index (χ2v) is 6.49. The summed E-state index contributed by atoms with van der Waals surface area (Å²) < 4.78 is 0.507. The Hall–Kier alpha value is -2.46. The summed E-state index contributed by atoms with van der Waals surface area (Å²) in [4.78, 5) is 16.6. The van der Waals surface area contributed by atoms with Gasteiger partial charge in [-0.3, -0.25) is 4.79 Å². The van der Waals surface area contributed by atoms with Gasteiger partial charge < -0.3 is 5.73 Å². The summed E-state index contributed by atoms with van der Waals surface area (Å²) in [7, 11) is 0. The standard InChI is InChI=1S/C19H19N3O/c1-12-11-13(2)22(10-9-16(18(20)23)19(22)21-12)17-8-7-14-5-3-4-6-15(14)17/h3-6,9-11,17H,7-8H2,1-2H3,(H-,20,23)/p+1. The van der Waals surface area contributed by atoms with Crippen LogP contribution in [0.2, 0.25) is 0 Å².